The predicted octanol–water partition coefficient (Wildman–Crippen LogP) is 3.56. The number of likely N-dealkylation sites (N-methyl/N-ethyl adjacent to an activating group) is 1. The third kappa shape index (κ3) is 10.5. The Kier molecular flexibility index (Phi) is 14.0. The van der Waals surface area contributed by atoms with Crippen LogP contribution in [-0.2, 0) is 30.4 Å². The molecule has 0 spiro atoms. The summed E-state index contributed by atoms with van der Waals surface area (Å²) in [5.41, 5.74) is 1.72. The monoisotopic (exact) mass is 683 g/mol. The minimum absolute atomic E-state index is 0.0249. The molecule has 12 nitrogen and oxygen atoms in total. The standard InChI is InChI=1S/C36H50FN5O7/c1-25(6-8-34(26(2)5-7-29(45)9-16-43)49-36(47)41-12-10-39(4)11-13-41)31(24-44)27(3)19-28-20-32(37)30-22-38-42(33(30)21-28)23-35(46)40-14-17-48-18-15-40/h6,8,16,19-22,24-26,29,31,34,45H,5,7,9-15,17-18,23H2,1-4H3/b8-6+,27-19+/t25-,26-,29+,31-,34-/m0/s1. The van der Waals surface area contributed by atoms with Gasteiger partial charge in [-0.3, -0.25) is 9.48 Å². The Hall–Kier alpha value is -3.94. The summed E-state index contributed by atoms with van der Waals surface area (Å²) < 4.78 is 28.0. The van der Waals surface area contributed by atoms with E-state index in [4.69, 9.17) is 9.47 Å². The third-order valence-corrected chi connectivity index (χ3v) is 9.50. The molecule has 4 rings (SSSR count). The molecule has 49 heavy (non-hydrogen) atoms. The second-order valence-electron chi connectivity index (χ2n) is 13.3. The van der Waals surface area contributed by atoms with Crippen molar-refractivity contribution in [2.45, 2.75) is 58.8 Å². The number of hydrogen-bond acceptors (Lipinski definition) is 9. The number of aliphatic hydroxyl groups is 1. The summed E-state index contributed by atoms with van der Waals surface area (Å²) in [7, 11) is 2.00. The van der Waals surface area contributed by atoms with Gasteiger partial charge in [-0.05, 0) is 62.4 Å². The molecular weight excluding hydrogens is 633 g/mol. The fraction of sp³-hybridized carbons (Fsp3) is 0.583. The SMILES string of the molecule is C/C(=C\c1cc(F)c2cnn(CC(=O)N3CCOCC3)c2c1)[C@@H](C=O)[C@@H](C)/C=C/[C@H](OC(=O)N1CCN(C)CC1)[C@@H](C)CC[C@@H](O)CC=O. The van der Waals surface area contributed by atoms with E-state index in [-0.39, 0.29) is 30.7 Å². The van der Waals surface area contributed by atoms with Crippen LogP contribution < -0.4 is 0 Å². The van der Waals surface area contributed by atoms with Crippen molar-refractivity contribution < 1.29 is 38.1 Å². The van der Waals surface area contributed by atoms with Gasteiger partial charge < -0.3 is 38.9 Å². The number of hydrogen-bond donors (Lipinski definition) is 1. The van der Waals surface area contributed by atoms with Gasteiger partial charge in [0.05, 0.1) is 36.4 Å². The van der Waals surface area contributed by atoms with Crippen LogP contribution in [0.3, 0.4) is 0 Å². The number of nitrogens with zero attached hydrogens (tertiary/aromatic N) is 5. The van der Waals surface area contributed by atoms with Crippen LogP contribution in [0.2, 0.25) is 0 Å². The summed E-state index contributed by atoms with van der Waals surface area (Å²) in [4.78, 5) is 54.7. The number of benzene rings is 1. The molecule has 1 aromatic carbocycles. The first-order chi connectivity index (χ1) is 23.5. The van der Waals surface area contributed by atoms with E-state index >= 15 is 4.39 Å². The number of fused-ring (bicyclic) bond motifs is 1. The van der Waals surface area contributed by atoms with Crippen molar-refractivity contribution >= 4 is 41.6 Å². The molecule has 0 bridgehead atoms. The quantitative estimate of drug-likeness (QED) is 0.221. The molecule has 5 atom stereocenters. The van der Waals surface area contributed by atoms with Gasteiger partial charge in [-0.15, -0.1) is 0 Å². The lowest BCUT2D eigenvalue weighted by molar-refractivity contribution is -0.136. The maximum Gasteiger partial charge on any atom is 0.410 e. The molecule has 268 valence electrons. The number of amides is 2. The number of piperazine rings is 1. The van der Waals surface area contributed by atoms with Gasteiger partial charge in [0.1, 0.15) is 31.0 Å². The van der Waals surface area contributed by atoms with Gasteiger partial charge in [-0.2, -0.15) is 5.10 Å². The van der Waals surface area contributed by atoms with Crippen molar-refractivity contribution in [3.63, 3.8) is 0 Å². The normalized spacial score (nSPS) is 19.4. The Morgan fingerprint density at radius 2 is 1.76 bits per heavy atom. The minimum Gasteiger partial charge on any atom is -0.442 e. The van der Waals surface area contributed by atoms with Gasteiger partial charge >= 0.3 is 6.09 Å². The van der Waals surface area contributed by atoms with Crippen LogP contribution in [0.15, 0.2) is 36.1 Å². The molecule has 2 aromatic rings. The van der Waals surface area contributed by atoms with Gasteiger partial charge in [0.2, 0.25) is 5.91 Å². The van der Waals surface area contributed by atoms with Crippen LogP contribution in [0.25, 0.3) is 17.0 Å². The number of carbonyl (C=O) groups is 4. The van der Waals surface area contributed by atoms with Crippen molar-refractivity contribution in [2.75, 3.05) is 59.5 Å². The average Bonchev–Trinajstić information content (AvgIpc) is 3.49. The molecule has 0 radical (unpaired) electrons. The summed E-state index contributed by atoms with van der Waals surface area (Å²) in [6.45, 7) is 10.2. The molecular formula is C36H50FN5O7. The summed E-state index contributed by atoms with van der Waals surface area (Å²) in [6.07, 6.45) is 7.51. The molecule has 0 aliphatic carbocycles. The van der Waals surface area contributed by atoms with Gasteiger partial charge in [-0.1, -0.05) is 31.6 Å². The van der Waals surface area contributed by atoms with Crippen LogP contribution in [0.4, 0.5) is 9.18 Å². The molecule has 0 saturated carbocycles. The lowest BCUT2D eigenvalue weighted by atomic mass is 9.86. The smallest absolute Gasteiger partial charge is 0.410 e. The van der Waals surface area contributed by atoms with E-state index in [2.05, 4.69) is 10.00 Å². The summed E-state index contributed by atoms with van der Waals surface area (Å²) >= 11 is 0. The van der Waals surface area contributed by atoms with E-state index in [1.54, 1.807) is 28.0 Å². The first kappa shape index (κ1) is 37.9. The Labute approximate surface area is 287 Å². The van der Waals surface area contributed by atoms with E-state index in [1.807, 2.05) is 33.9 Å². The molecule has 13 heteroatoms. The van der Waals surface area contributed by atoms with Gasteiger partial charge in [0, 0.05) is 51.6 Å². The lowest BCUT2D eigenvalue weighted by Crippen LogP contribution is -2.48. The number of aliphatic hydroxyl groups excluding tert-OH is 1. The van der Waals surface area contributed by atoms with Crippen LogP contribution in [0.5, 0.6) is 0 Å². The van der Waals surface area contributed by atoms with Crippen molar-refractivity contribution in [3.05, 3.63) is 47.4 Å². The summed E-state index contributed by atoms with van der Waals surface area (Å²) in [5, 5.41) is 14.7. The number of morpholine rings is 1. The highest BCUT2D eigenvalue weighted by Gasteiger charge is 2.27. The predicted molar refractivity (Wildman–Crippen MR) is 183 cm³/mol. The Morgan fingerprint density at radius 1 is 1.04 bits per heavy atom. The first-order valence-electron chi connectivity index (χ1n) is 17.1. The fourth-order valence-corrected chi connectivity index (χ4v) is 6.19. The Balaban J connectivity index is 1.49. The number of aldehydes is 2. The number of halogens is 1. The largest absolute Gasteiger partial charge is 0.442 e. The summed E-state index contributed by atoms with van der Waals surface area (Å²) in [5.74, 6) is -1.61. The molecule has 1 N–H and O–H groups in total. The number of allylic oxidation sites excluding steroid dienone is 2. The highest BCUT2D eigenvalue weighted by Crippen LogP contribution is 2.27. The molecule has 2 fully saturated rings. The van der Waals surface area contributed by atoms with Crippen molar-refractivity contribution in [1.82, 2.24) is 24.5 Å². The number of ether oxygens (including phenoxy) is 2. The van der Waals surface area contributed by atoms with Crippen LogP contribution >= 0.6 is 0 Å². The average molecular weight is 684 g/mol. The zero-order chi connectivity index (χ0) is 35.5. The van der Waals surface area contributed by atoms with E-state index < -0.39 is 30.0 Å². The molecule has 3 heterocycles. The van der Waals surface area contributed by atoms with Gasteiger partial charge in [0.15, 0.2) is 0 Å². The summed E-state index contributed by atoms with van der Waals surface area (Å²) in [6, 6.07) is 3.15. The van der Waals surface area contributed by atoms with Crippen LogP contribution in [-0.4, -0.2) is 126 Å². The molecule has 1 aromatic heterocycles. The molecule has 2 amide bonds. The Morgan fingerprint density at radius 3 is 2.43 bits per heavy atom. The minimum atomic E-state index is -0.767. The second kappa shape index (κ2) is 18.2. The van der Waals surface area contributed by atoms with Crippen LogP contribution in [0, 0.1) is 23.6 Å². The van der Waals surface area contributed by atoms with E-state index in [1.165, 1.54) is 16.9 Å². The van der Waals surface area contributed by atoms with E-state index in [0.717, 1.165) is 19.4 Å². The molecule has 2 aliphatic heterocycles. The van der Waals surface area contributed by atoms with Crippen LogP contribution in [0.1, 0.15) is 45.6 Å². The van der Waals surface area contributed by atoms with Crippen molar-refractivity contribution in [1.29, 1.82) is 0 Å². The van der Waals surface area contributed by atoms with Gasteiger partial charge in [-0.25, -0.2) is 9.18 Å². The highest BCUT2D eigenvalue weighted by atomic mass is 19.1. The van der Waals surface area contributed by atoms with E-state index in [0.29, 0.717) is 80.6 Å². The highest BCUT2D eigenvalue weighted by molar-refractivity contribution is 5.85. The maximum atomic E-state index is 15.2. The van der Waals surface area contributed by atoms with E-state index in [9.17, 15) is 24.3 Å². The maximum absolute atomic E-state index is 15.2. The number of carbonyl (C=O) groups excluding carboxylic acids is 4. The molecule has 2 saturated heterocycles. The van der Waals surface area contributed by atoms with Crippen molar-refractivity contribution in [2.24, 2.45) is 17.8 Å². The zero-order valence-corrected chi connectivity index (χ0v) is 29.0. The topological polar surface area (TPSA) is 135 Å². The Bertz CT molecular complexity index is 1500. The first-order valence-corrected chi connectivity index (χ1v) is 17.1. The number of rotatable bonds is 15. The van der Waals surface area contributed by atoms with Crippen molar-refractivity contribution in [3.8, 4) is 0 Å². The number of aromatic nitrogens is 2. The van der Waals surface area contributed by atoms with Gasteiger partial charge in [0.25, 0.3) is 0 Å². The third-order valence-electron chi connectivity index (χ3n) is 9.50. The molecule has 0 unspecified atom stereocenters. The second-order valence-corrected chi connectivity index (χ2v) is 13.3. The molecule has 2 aliphatic rings. The fourth-order valence-electron chi connectivity index (χ4n) is 6.19. The lowest BCUT2D eigenvalue weighted by Gasteiger charge is -2.33. The zero-order valence-electron chi connectivity index (χ0n) is 29.0.